The molecule has 0 aliphatic heterocycles. The zero-order valence-corrected chi connectivity index (χ0v) is 13.5. The molecule has 1 fully saturated rings. The monoisotopic (exact) mass is 323 g/mol. The summed E-state index contributed by atoms with van der Waals surface area (Å²) in [7, 11) is 0. The molecule has 1 saturated carbocycles. The molecule has 0 aromatic heterocycles. The van der Waals surface area contributed by atoms with Crippen LogP contribution in [0.25, 0.3) is 0 Å². The first-order valence-corrected chi connectivity index (χ1v) is 7.93. The number of hydrogen-bond acceptors (Lipinski definition) is 2. The summed E-state index contributed by atoms with van der Waals surface area (Å²) in [6, 6.07) is -3.94. The fourth-order valence-corrected chi connectivity index (χ4v) is 3.00. The maximum Gasteiger partial charge on any atom is 0.326 e. The first-order valence-electron chi connectivity index (χ1n) is 10.9. The van der Waals surface area contributed by atoms with E-state index >= 15 is 0 Å². The molecule has 0 radical (unpaired) electrons. The van der Waals surface area contributed by atoms with Crippen LogP contribution in [-0.4, -0.2) is 23.0 Å². The van der Waals surface area contributed by atoms with Gasteiger partial charge in [-0.05, 0) is 43.1 Å². The molecule has 0 bridgehead atoms. The molecule has 1 aliphatic carbocycles. The summed E-state index contributed by atoms with van der Waals surface area (Å²) in [5, 5.41) is 12.0. The van der Waals surface area contributed by atoms with Gasteiger partial charge in [0.15, 0.2) is 0 Å². The van der Waals surface area contributed by atoms with Crippen molar-refractivity contribution in [2.75, 3.05) is 0 Å². The summed E-state index contributed by atoms with van der Waals surface area (Å²) in [4.78, 5) is 24.3. The number of amides is 1. The van der Waals surface area contributed by atoms with Crippen LogP contribution in [0.2, 0.25) is 0 Å². The van der Waals surface area contributed by atoms with Crippen molar-refractivity contribution in [1.82, 2.24) is 5.32 Å². The Balaban J connectivity index is 2.13. The van der Waals surface area contributed by atoms with E-state index in [1.807, 2.05) is 13.8 Å². The normalized spacial score (nSPS) is 26.7. The topological polar surface area (TPSA) is 66.4 Å². The van der Waals surface area contributed by atoms with Crippen molar-refractivity contribution in [1.29, 1.82) is 0 Å². The van der Waals surface area contributed by atoms with E-state index in [1.165, 1.54) is 0 Å². The second-order valence-electron chi connectivity index (χ2n) is 6.33. The van der Waals surface area contributed by atoms with Gasteiger partial charge in [-0.2, -0.15) is 0 Å². The molecule has 1 aromatic rings. The molecule has 4 nitrogen and oxygen atoms in total. The van der Waals surface area contributed by atoms with Crippen molar-refractivity contribution >= 4 is 11.9 Å². The molecule has 2 N–H and O–H groups in total. The van der Waals surface area contributed by atoms with E-state index in [0.29, 0.717) is 12.8 Å². The highest BCUT2D eigenvalue weighted by Gasteiger charge is 2.30. The maximum absolute atomic E-state index is 12.6. The molecule has 0 spiro atoms. The molecule has 126 valence electrons. The maximum atomic E-state index is 12.6. The number of carbonyl (C=O) groups excluding carboxylic acids is 1. The van der Waals surface area contributed by atoms with E-state index in [2.05, 4.69) is 5.32 Å². The number of hydrogen-bond donors (Lipinski definition) is 2. The van der Waals surface area contributed by atoms with Crippen LogP contribution in [0.3, 0.4) is 0 Å². The zero-order chi connectivity index (χ0) is 22.1. The average Bonchev–Trinajstić information content (AvgIpc) is 2.66. The number of carbonyl (C=O) groups is 2. The predicted octanol–water partition coefficient (Wildman–Crippen LogP) is 3.26. The highest BCUT2D eigenvalue weighted by Crippen LogP contribution is 2.33. The van der Waals surface area contributed by atoms with Crippen molar-refractivity contribution in [3.63, 3.8) is 0 Å². The molecule has 4 heteroatoms. The summed E-state index contributed by atoms with van der Waals surface area (Å²) in [6.45, 7) is 3.69. The van der Waals surface area contributed by atoms with Crippen molar-refractivity contribution < 1.29 is 22.9 Å². The quantitative estimate of drug-likeness (QED) is 0.844. The van der Waals surface area contributed by atoms with Crippen LogP contribution >= 0.6 is 0 Å². The molecule has 2 rings (SSSR count). The summed E-state index contributed by atoms with van der Waals surface area (Å²) in [5.74, 6) is -2.48. The van der Waals surface area contributed by atoms with Crippen LogP contribution in [0.1, 0.15) is 53.3 Å². The van der Waals surface area contributed by atoms with Gasteiger partial charge in [-0.3, -0.25) is 4.79 Å². The Morgan fingerprint density at radius 1 is 1.26 bits per heavy atom. The van der Waals surface area contributed by atoms with E-state index < -0.39 is 60.4 Å². The standard InChI is InChI=1S/C19H27NO3/c1-13(2)15-8-10-16(11-9-15)18(21)20-17(19(22)23)12-14-6-4-3-5-7-14/h3-7,13,15-17H,8-12H2,1-2H3,(H,20,21)(H,22,23)/t15?,16?,17-/m1/s1/i3D,4D,5D,6D,7D,13D. The third kappa shape index (κ3) is 5.08. The number of benzene rings is 1. The highest BCUT2D eigenvalue weighted by atomic mass is 16.4. The number of carboxylic acid groups (broad SMARTS) is 1. The van der Waals surface area contributed by atoms with Gasteiger partial charge in [0.1, 0.15) is 6.04 Å². The van der Waals surface area contributed by atoms with Gasteiger partial charge >= 0.3 is 5.97 Å². The van der Waals surface area contributed by atoms with Crippen molar-refractivity contribution in [3.8, 4) is 0 Å². The minimum atomic E-state index is -1.39. The smallest absolute Gasteiger partial charge is 0.326 e. The van der Waals surface area contributed by atoms with Gasteiger partial charge in [0, 0.05) is 13.7 Å². The van der Waals surface area contributed by atoms with E-state index in [4.69, 9.17) is 8.22 Å². The van der Waals surface area contributed by atoms with Crippen LogP contribution in [-0.2, 0) is 16.0 Å². The molecule has 1 aliphatic rings. The first kappa shape index (κ1) is 10.8. The summed E-state index contributed by atoms with van der Waals surface area (Å²) >= 11 is 0. The molecule has 1 amide bonds. The SMILES string of the molecule is [2H]c1c([2H])c([2H])c(C[C@@H](NC(=O)C2CCC(C([2H])(C)C)CC2)C(=O)O)c([2H])c1[2H]. The Morgan fingerprint density at radius 3 is 2.39 bits per heavy atom. The van der Waals surface area contributed by atoms with Gasteiger partial charge < -0.3 is 10.4 Å². The first-order chi connectivity index (χ1) is 13.3. The summed E-state index contributed by atoms with van der Waals surface area (Å²) < 4.78 is 47.0. The van der Waals surface area contributed by atoms with Crippen LogP contribution in [0.4, 0.5) is 0 Å². The molecule has 0 heterocycles. The minimum absolute atomic E-state index is 0.136. The second-order valence-corrected chi connectivity index (χ2v) is 6.33. The van der Waals surface area contributed by atoms with Crippen LogP contribution < -0.4 is 5.32 Å². The third-order valence-electron chi connectivity index (χ3n) is 4.49. The number of aliphatic carboxylic acids is 1. The lowest BCUT2D eigenvalue weighted by molar-refractivity contribution is -0.142. The Hall–Kier alpha value is -1.84. The van der Waals surface area contributed by atoms with Crippen LogP contribution in [0, 0.1) is 17.7 Å². The number of carboxylic acids is 1. The third-order valence-corrected chi connectivity index (χ3v) is 4.49. The molecule has 23 heavy (non-hydrogen) atoms. The number of nitrogens with one attached hydrogen (secondary N) is 1. The predicted molar refractivity (Wildman–Crippen MR) is 90.0 cm³/mol. The van der Waals surface area contributed by atoms with E-state index in [-0.39, 0.29) is 17.4 Å². The van der Waals surface area contributed by atoms with Crippen LogP contribution in [0.15, 0.2) is 30.2 Å². The minimum Gasteiger partial charge on any atom is -0.480 e. The van der Waals surface area contributed by atoms with Crippen molar-refractivity contribution in [3.05, 3.63) is 35.8 Å². The summed E-state index contributed by atoms with van der Waals surface area (Å²) in [6.07, 6.45) is 2.18. The summed E-state index contributed by atoms with van der Waals surface area (Å²) in [5.41, 5.74) is -0.136. The largest absolute Gasteiger partial charge is 0.480 e. The second kappa shape index (κ2) is 8.14. The van der Waals surface area contributed by atoms with Gasteiger partial charge in [-0.25, -0.2) is 4.79 Å². The van der Waals surface area contributed by atoms with Gasteiger partial charge in [0.2, 0.25) is 5.91 Å². The van der Waals surface area contributed by atoms with E-state index in [0.717, 1.165) is 12.8 Å². The fraction of sp³-hybridized carbons (Fsp3) is 0.579. The average molecular weight is 323 g/mol. The van der Waals surface area contributed by atoms with Crippen molar-refractivity contribution in [2.24, 2.45) is 17.7 Å². The van der Waals surface area contributed by atoms with Gasteiger partial charge in [-0.1, -0.05) is 44.1 Å². The molecule has 1 aromatic carbocycles. The number of rotatable bonds is 6. The van der Waals surface area contributed by atoms with E-state index in [1.54, 1.807) is 0 Å². The Bertz CT molecular complexity index is 771. The van der Waals surface area contributed by atoms with Crippen molar-refractivity contribution in [2.45, 2.75) is 52.0 Å². The lowest BCUT2D eigenvalue weighted by atomic mass is 9.76. The van der Waals surface area contributed by atoms with Gasteiger partial charge in [0.05, 0.1) is 6.85 Å². The zero-order valence-electron chi connectivity index (χ0n) is 19.5. The molecular formula is C19H27NO3. The highest BCUT2D eigenvalue weighted by molar-refractivity contribution is 5.85. The molecule has 0 saturated heterocycles. The Labute approximate surface area is 146 Å². The van der Waals surface area contributed by atoms with Gasteiger partial charge in [-0.15, -0.1) is 0 Å². The Morgan fingerprint density at radius 2 is 1.87 bits per heavy atom. The Kier molecular flexibility index (Phi) is 3.84. The fourth-order valence-electron chi connectivity index (χ4n) is 3.00. The van der Waals surface area contributed by atoms with Gasteiger partial charge in [0.25, 0.3) is 0 Å². The van der Waals surface area contributed by atoms with E-state index in [9.17, 15) is 14.7 Å². The lowest BCUT2D eigenvalue weighted by Crippen LogP contribution is -2.45. The lowest BCUT2D eigenvalue weighted by Gasteiger charge is -2.30. The van der Waals surface area contributed by atoms with Crippen LogP contribution in [0.5, 0.6) is 0 Å². The molecule has 0 unspecified atom stereocenters. The molecular weight excluding hydrogens is 290 g/mol. The molecule has 1 atom stereocenters.